The highest BCUT2D eigenvalue weighted by atomic mass is 32.2. The molecule has 21 heteroatoms. The number of nitrogens with zero attached hydrogens (tertiary/aromatic N) is 6. The molecule has 5 rings (SSSR count). The summed E-state index contributed by atoms with van der Waals surface area (Å²) >= 11 is 0. The lowest BCUT2D eigenvalue weighted by molar-refractivity contribution is 0.317. The van der Waals surface area contributed by atoms with Crippen LogP contribution >= 0.6 is 0 Å². The summed E-state index contributed by atoms with van der Waals surface area (Å²) in [7, 11) is -13.0. The number of ether oxygens (including phenoxy) is 2. The van der Waals surface area contributed by atoms with Crippen molar-refractivity contribution in [2.45, 2.75) is 52.4 Å². The highest BCUT2D eigenvalue weighted by Crippen LogP contribution is 2.39. The number of rotatable bonds is 17. The number of nitrogen functional groups attached to an aromatic ring is 1. The molecule has 0 atom stereocenters. The SMILES string of the molecule is Cc1cc(N=Nc2cc(C)c(N=Nc3cc(C)c(N=Nc4ccc5cc(S(=O)(=O)O)cc(OCCCS(=O)(=O)O)c5c4)cc3C)cc2OCCCS(=O)(=O)O)c(C)cc1N. The minimum Gasteiger partial charge on any atom is -0.493 e. The topological polar surface area (TPSA) is 282 Å². The van der Waals surface area contributed by atoms with Crippen LogP contribution in [0.15, 0.2) is 102 Å². The molecule has 5 aromatic rings. The van der Waals surface area contributed by atoms with E-state index in [0.29, 0.717) is 67.3 Å². The third kappa shape index (κ3) is 12.6. The molecule has 0 heterocycles. The molecule has 18 nitrogen and oxygen atoms in total. The van der Waals surface area contributed by atoms with E-state index in [1.54, 1.807) is 48.5 Å². The lowest BCUT2D eigenvalue weighted by Crippen LogP contribution is -2.09. The highest BCUT2D eigenvalue weighted by Gasteiger charge is 2.17. The summed E-state index contributed by atoms with van der Waals surface area (Å²) in [6, 6.07) is 17.6. The lowest BCUT2D eigenvalue weighted by atomic mass is 10.1. The zero-order chi connectivity index (χ0) is 44.0. The molecule has 0 aromatic heterocycles. The van der Waals surface area contributed by atoms with Crippen LogP contribution in [0.4, 0.5) is 39.8 Å². The number of hydrogen-bond donors (Lipinski definition) is 4. The van der Waals surface area contributed by atoms with E-state index in [1.807, 2.05) is 40.7 Å². The largest absolute Gasteiger partial charge is 0.493 e. The first-order chi connectivity index (χ1) is 28.1. The summed E-state index contributed by atoms with van der Waals surface area (Å²) < 4.78 is 108. The van der Waals surface area contributed by atoms with Crippen molar-refractivity contribution in [2.24, 2.45) is 30.7 Å². The Balaban J connectivity index is 1.40. The summed E-state index contributed by atoms with van der Waals surface area (Å²) in [5, 5.41) is 27.4. The number of azo groups is 3. The fourth-order valence-corrected chi connectivity index (χ4v) is 7.18. The number of aryl methyl sites for hydroxylation is 5. The third-order valence-corrected chi connectivity index (χ3v) is 11.4. The van der Waals surface area contributed by atoms with Crippen molar-refractivity contribution in [3.05, 3.63) is 94.5 Å². The minimum absolute atomic E-state index is 0.0226. The van der Waals surface area contributed by atoms with Crippen LogP contribution in [0.2, 0.25) is 0 Å². The maximum absolute atomic E-state index is 11.9. The molecule has 0 aliphatic rings. The van der Waals surface area contributed by atoms with Gasteiger partial charge in [-0.15, -0.1) is 5.11 Å². The quantitative estimate of drug-likeness (QED) is 0.0294. The second-order valence-electron chi connectivity index (χ2n) is 13.9. The molecular formula is C39H43N7O11S3. The number of nitrogens with two attached hydrogens (primary N) is 1. The Morgan fingerprint density at radius 3 is 1.50 bits per heavy atom. The zero-order valence-corrected chi connectivity index (χ0v) is 35.6. The zero-order valence-electron chi connectivity index (χ0n) is 33.2. The minimum atomic E-state index is -4.60. The molecule has 0 unspecified atom stereocenters. The van der Waals surface area contributed by atoms with Gasteiger partial charge in [-0.25, -0.2) is 0 Å². The predicted molar refractivity (Wildman–Crippen MR) is 227 cm³/mol. The Bertz CT molecular complexity index is 2880. The van der Waals surface area contributed by atoms with Gasteiger partial charge >= 0.3 is 0 Å². The fourth-order valence-electron chi connectivity index (χ4n) is 5.69. The van der Waals surface area contributed by atoms with Crippen molar-refractivity contribution in [1.29, 1.82) is 0 Å². The average Bonchev–Trinajstić information content (AvgIpc) is 3.15. The van der Waals surface area contributed by atoms with E-state index in [2.05, 4.69) is 30.7 Å². The molecule has 318 valence electrons. The maximum atomic E-state index is 11.9. The molecule has 0 aliphatic carbocycles. The van der Waals surface area contributed by atoms with E-state index in [1.165, 1.54) is 6.07 Å². The van der Waals surface area contributed by atoms with Gasteiger partial charge in [0.1, 0.15) is 17.2 Å². The molecule has 0 aliphatic heterocycles. The second kappa shape index (κ2) is 18.7. The summed E-state index contributed by atoms with van der Waals surface area (Å²) in [5.74, 6) is -0.732. The number of benzene rings is 5. The molecule has 5 aromatic carbocycles. The van der Waals surface area contributed by atoms with Gasteiger partial charge in [-0.05, 0) is 129 Å². The van der Waals surface area contributed by atoms with Gasteiger partial charge < -0.3 is 15.2 Å². The maximum Gasteiger partial charge on any atom is 0.294 e. The Morgan fingerprint density at radius 2 is 0.967 bits per heavy atom. The third-order valence-electron chi connectivity index (χ3n) is 8.96. The molecule has 0 saturated carbocycles. The van der Waals surface area contributed by atoms with Gasteiger partial charge in [0.15, 0.2) is 0 Å². The van der Waals surface area contributed by atoms with E-state index in [4.69, 9.17) is 24.3 Å². The summed E-state index contributed by atoms with van der Waals surface area (Å²) in [4.78, 5) is -0.422. The van der Waals surface area contributed by atoms with Gasteiger partial charge in [-0.3, -0.25) is 13.7 Å². The average molecular weight is 882 g/mol. The second-order valence-corrected chi connectivity index (χ2v) is 18.5. The standard InChI is InChI=1S/C39H43N7O11S3/c1-23-15-33(24(2)14-32(23)40)44-46-37-18-27(5)36(22-39(37)57-11-7-13-59(50,51)52)45-43-35-17-25(3)34(16-26(35)4)42-41-29-9-8-28-19-30(60(53,54)55)21-38(31(28)20-29)56-10-6-12-58(47,48)49/h8-9,14-22H,6-7,10-13,40H2,1-5H3,(H,47,48,49)(H,50,51,52)(H,53,54,55). The normalized spacial score (nSPS) is 12.7. The van der Waals surface area contributed by atoms with Gasteiger partial charge in [0, 0.05) is 23.2 Å². The Hall–Kier alpha value is -5.71. The first-order valence-corrected chi connectivity index (χ1v) is 22.8. The van der Waals surface area contributed by atoms with Crippen LogP contribution < -0.4 is 15.2 Å². The van der Waals surface area contributed by atoms with Crippen LogP contribution in [0.5, 0.6) is 11.5 Å². The highest BCUT2D eigenvalue weighted by molar-refractivity contribution is 7.86. The van der Waals surface area contributed by atoms with E-state index in [0.717, 1.165) is 17.2 Å². The molecule has 60 heavy (non-hydrogen) atoms. The van der Waals surface area contributed by atoms with Crippen molar-refractivity contribution in [2.75, 3.05) is 30.5 Å². The van der Waals surface area contributed by atoms with Gasteiger partial charge in [-0.2, -0.15) is 50.8 Å². The van der Waals surface area contributed by atoms with Crippen molar-refractivity contribution in [1.82, 2.24) is 0 Å². The van der Waals surface area contributed by atoms with E-state index in [-0.39, 0.29) is 37.6 Å². The van der Waals surface area contributed by atoms with Crippen molar-refractivity contribution < 1.29 is 48.4 Å². The van der Waals surface area contributed by atoms with Gasteiger partial charge in [0.25, 0.3) is 30.4 Å². The Kier molecular flexibility index (Phi) is 14.1. The Labute approximate surface area is 347 Å². The van der Waals surface area contributed by atoms with Gasteiger partial charge in [0.2, 0.25) is 0 Å². The molecule has 0 spiro atoms. The van der Waals surface area contributed by atoms with E-state index in [9.17, 15) is 29.8 Å². The van der Waals surface area contributed by atoms with E-state index < -0.39 is 46.8 Å². The van der Waals surface area contributed by atoms with Crippen molar-refractivity contribution in [3.8, 4) is 11.5 Å². The first-order valence-electron chi connectivity index (χ1n) is 18.2. The monoisotopic (exact) mass is 881 g/mol. The van der Waals surface area contributed by atoms with Crippen molar-refractivity contribution >= 4 is 80.9 Å². The molecule has 0 saturated heterocycles. The molecular weight excluding hydrogens is 839 g/mol. The van der Waals surface area contributed by atoms with Crippen LogP contribution in [0.25, 0.3) is 10.8 Å². The molecule has 0 amide bonds. The first kappa shape index (κ1) is 45.4. The van der Waals surface area contributed by atoms with Crippen LogP contribution in [-0.4, -0.2) is 63.6 Å². The summed E-state index contributed by atoms with van der Waals surface area (Å²) in [5.41, 5.74) is 13.3. The van der Waals surface area contributed by atoms with Crippen LogP contribution in [-0.2, 0) is 30.4 Å². The molecule has 5 N–H and O–H groups in total. The molecule has 0 radical (unpaired) electrons. The number of fused-ring (bicyclic) bond motifs is 1. The summed E-state index contributed by atoms with van der Waals surface area (Å²) in [6.45, 7) is 8.96. The van der Waals surface area contributed by atoms with Gasteiger partial charge in [0.05, 0.1) is 58.1 Å². The predicted octanol–water partition coefficient (Wildman–Crippen LogP) is 9.77. The lowest BCUT2D eigenvalue weighted by Gasteiger charge is -2.11. The smallest absolute Gasteiger partial charge is 0.294 e. The van der Waals surface area contributed by atoms with Crippen molar-refractivity contribution in [3.63, 3.8) is 0 Å². The number of hydrogen-bond acceptors (Lipinski definition) is 15. The van der Waals surface area contributed by atoms with Crippen LogP contribution in [0.3, 0.4) is 0 Å². The number of anilines is 1. The fraction of sp³-hybridized carbons (Fsp3) is 0.282. The van der Waals surface area contributed by atoms with Gasteiger partial charge in [-0.1, -0.05) is 6.07 Å². The van der Waals surface area contributed by atoms with E-state index >= 15 is 0 Å². The molecule has 0 fully saturated rings. The Morgan fingerprint density at radius 1 is 0.517 bits per heavy atom. The van der Waals surface area contributed by atoms with Crippen LogP contribution in [0.1, 0.15) is 40.7 Å². The summed E-state index contributed by atoms with van der Waals surface area (Å²) in [6.07, 6.45) is -0.0551. The molecule has 0 bridgehead atoms. The van der Waals surface area contributed by atoms with Crippen LogP contribution in [0, 0.1) is 34.6 Å².